The van der Waals surface area contributed by atoms with E-state index in [1.54, 1.807) is 55.8 Å². The summed E-state index contributed by atoms with van der Waals surface area (Å²) >= 11 is 0. The maximum absolute atomic E-state index is 12.3. The molecule has 0 aliphatic heterocycles. The van der Waals surface area contributed by atoms with Crippen LogP contribution in [0.1, 0.15) is 35.7 Å². The molecule has 2 aromatic heterocycles. The Hall–Kier alpha value is -3.61. The van der Waals surface area contributed by atoms with Gasteiger partial charge in [0.05, 0.1) is 18.2 Å². The van der Waals surface area contributed by atoms with Crippen molar-refractivity contribution in [2.45, 2.75) is 13.8 Å². The fraction of sp³-hybridized carbons (Fsp3) is 0.105. The Kier molecular flexibility index (Phi) is 5.28. The number of rotatable bonds is 6. The van der Waals surface area contributed by atoms with Crippen LogP contribution in [-0.2, 0) is 0 Å². The van der Waals surface area contributed by atoms with E-state index in [4.69, 9.17) is 8.83 Å². The van der Waals surface area contributed by atoms with E-state index in [-0.39, 0.29) is 5.91 Å². The molecule has 0 aliphatic carbocycles. The van der Waals surface area contributed by atoms with Crippen LogP contribution in [0.15, 0.2) is 80.1 Å². The molecule has 0 unspecified atom stereocenters. The maximum atomic E-state index is 12.3. The predicted molar refractivity (Wildman–Crippen MR) is 99.4 cm³/mol. The third-order valence-electron chi connectivity index (χ3n) is 3.56. The first-order chi connectivity index (χ1) is 12.6. The van der Waals surface area contributed by atoms with Crippen molar-refractivity contribution in [1.29, 1.82) is 0 Å². The van der Waals surface area contributed by atoms with Crippen LogP contribution < -0.4 is 10.9 Å². The van der Waals surface area contributed by atoms with Crippen LogP contribution in [-0.4, -0.2) is 17.3 Å². The minimum Gasteiger partial charge on any atom is -0.463 e. The second-order valence-corrected chi connectivity index (χ2v) is 5.48. The molecule has 2 heterocycles. The van der Waals surface area contributed by atoms with Gasteiger partial charge in [0.25, 0.3) is 5.91 Å². The van der Waals surface area contributed by atoms with Crippen LogP contribution in [0, 0.1) is 0 Å². The van der Waals surface area contributed by atoms with Crippen molar-refractivity contribution < 1.29 is 13.6 Å². The number of carbonyl (C=O) groups is 1. The molecule has 3 rings (SSSR count). The van der Waals surface area contributed by atoms with E-state index >= 15 is 0 Å². The molecule has 7 heteroatoms. The van der Waals surface area contributed by atoms with Crippen LogP contribution in [0.3, 0.4) is 0 Å². The van der Waals surface area contributed by atoms with E-state index in [0.29, 0.717) is 34.2 Å². The molecule has 0 fully saturated rings. The largest absolute Gasteiger partial charge is 0.463 e. The molecule has 132 valence electrons. The zero-order valence-electron chi connectivity index (χ0n) is 14.4. The lowest BCUT2D eigenvalue weighted by atomic mass is 10.2. The van der Waals surface area contributed by atoms with Gasteiger partial charge in [-0.3, -0.25) is 10.2 Å². The van der Waals surface area contributed by atoms with Gasteiger partial charge in [0.1, 0.15) is 22.9 Å². The molecule has 3 aromatic rings. The SMILES string of the molecule is C/C(=N/NC(=O)c1cccc(N/N=C(/C)c2ccco2)c1)c1ccco1. The Morgan fingerprint density at radius 2 is 1.54 bits per heavy atom. The van der Waals surface area contributed by atoms with Gasteiger partial charge in [-0.25, -0.2) is 5.43 Å². The average Bonchev–Trinajstić information content (AvgIpc) is 3.38. The number of anilines is 1. The van der Waals surface area contributed by atoms with Gasteiger partial charge in [-0.2, -0.15) is 10.2 Å². The van der Waals surface area contributed by atoms with Crippen LogP contribution in [0.4, 0.5) is 5.69 Å². The molecule has 1 aromatic carbocycles. The summed E-state index contributed by atoms with van der Waals surface area (Å²) in [5, 5.41) is 8.29. The number of nitrogens with zero attached hydrogens (tertiary/aromatic N) is 2. The molecule has 26 heavy (non-hydrogen) atoms. The van der Waals surface area contributed by atoms with Gasteiger partial charge >= 0.3 is 0 Å². The monoisotopic (exact) mass is 350 g/mol. The second-order valence-electron chi connectivity index (χ2n) is 5.48. The average molecular weight is 350 g/mol. The highest BCUT2D eigenvalue weighted by Crippen LogP contribution is 2.12. The first kappa shape index (κ1) is 17.2. The molecule has 0 spiro atoms. The lowest BCUT2D eigenvalue weighted by Gasteiger charge is -2.05. The molecule has 1 amide bonds. The van der Waals surface area contributed by atoms with Crippen LogP contribution in [0.5, 0.6) is 0 Å². The van der Waals surface area contributed by atoms with E-state index in [9.17, 15) is 4.79 Å². The molecule has 0 atom stereocenters. The van der Waals surface area contributed by atoms with Crippen molar-refractivity contribution in [1.82, 2.24) is 5.43 Å². The fourth-order valence-corrected chi connectivity index (χ4v) is 2.16. The van der Waals surface area contributed by atoms with Crippen molar-refractivity contribution >= 4 is 23.0 Å². The van der Waals surface area contributed by atoms with E-state index in [1.165, 1.54) is 0 Å². The van der Waals surface area contributed by atoms with Gasteiger partial charge in [-0.15, -0.1) is 0 Å². The van der Waals surface area contributed by atoms with Gasteiger partial charge in [0, 0.05) is 5.56 Å². The topological polar surface area (TPSA) is 92.1 Å². The number of amides is 1. The summed E-state index contributed by atoms with van der Waals surface area (Å²) in [7, 11) is 0. The number of hydrogen-bond acceptors (Lipinski definition) is 6. The number of hydrazone groups is 2. The van der Waals surface area contributed by atoms with Gasteiger partial charge in [0.2, 0.25) is 0 Å². The lowest BCUT2D eigenvalue weighted by Crippen LogP contribution is -2.19. The first-order valence-electron chi connectivity index (χ1n) is 7.96. The number of nitrogens with one attached hydrogen (secondary N) is 2. The molecule has 0 radical (unpaired) electrons. The summed E-state index contributed by atoms with van der Waals surface area (Å²) in [6.07, 6.45) is 3.14. The molecule has 0 saturated carbocycles. The number of hydrogen-bond donors (Lipinski definition) is 2. The number of furan rings is 2. The van der Waals surface area contributed by atoms with E-state index in [0.717, 1.165) is 0 Å². The summed E-state index contributed by atoms with van der Waals surface area (Å²) in [4.78, 5) is 12.3. The van der Waals surface area contributed by atoms with Gasteiger partial charge in [-0.05, 0) is 56.3 Å². The van der Waals surface area contributed by atoms with E-state index in [2.05, 4.69) is 21.1 Å². The maximum Gasteiger partial charge on any atom is 0.271 e. The lowest BCUT2D eigenvalue weighted by molar-refractivity contribution is 0.0955. The van der Waals surface area contributed by atoms with Crippen molar-refractivity contribution in [2.75, 3.05) is 5.43 Å². The third kappa shape index (κ3) is 4.27. The van der Waals surface area contributed by atoms with E-state index < -0.39 is 0 Å². The molecule has 0 bridgehead atoms. The zero-order chi connectivity index (χ0) is 18.4. The Labute approximate surface area is 150 Å². The molecule has 7 nitrogen and oxygen atoms in total. The van der Waals surface area contributed by atoms with Crippen molar-refractivity contribution in [2.24, 2.45) is 10.2 Å². The molecular formula is C19H18N4O3. The van der Waals surface area contributed by atoms with Crippen LogP contribution in [0.2, 0.25) is 0 Å². The Morgan fingerprint density at radius 1 is 0.885 bits per heavy atom. The summed E-state index contributed by atoms with van der Waals surface area (Å²) in [6.45, 7) is 3.58. The second kappa shape index (κ2) is 7.98. The van der Waals surface area contributed by atoms with Crippen molar-refractivity contribution in [3.63, 3.8) is 0 Å². The normalized spacial score (nSPS) is 12.1. The highest BCUT2D eigenvalue weighted by Gasteiger charge is 2.07. The smallest absolute Gasteiger partial charge is 0.271 e. The summed E-state index contributed by atoms with van der Waals surface area (Å²) in [6, 6.07) is 14.1. The highest BCUT2D eigenvalue weighted by atomic mass is 16.3. The first-order valence-corrected chi connectivity index (χ1v) is 7.96. The van der Waals surface area contributed by atoms with Crippen molar-refractivity contribution in [3.8, 4) is 0 Å². The standard InChI is InChI=1S/C19H18N4O3/c1-13(17-8-4-10-25-17)20-22-16-7-3-6-15(12-16)19(24)23-21-14(2)18-9-5-11-26-18/h3-12,22H,1-2H3,(H,23,24)/b20-13-,21-14-. The summed E-state index contributed by atoms with van der Waals surface area (Å²) in [5.41, 5.74) is 7.83. The Balaban J connectivity index is 1.66. The minimum absolute atomic E-state index is 0.328. The van der Waals surface area contributed by atoms with E-state index in [1.807, 2.05) is 19.1 Å². The van der Waals surface area contributed by atoms with Crippen molar-refractivity contribution in [3.05, 3.63) is 78.1 Å². The Morgan fingerprint density at radius 3 is 2.15 bits per heavy atom. The van der Waals surface area contributed by atoms with Crippen LogP contribution >= 0.6 is 0 Å². The quantitative estimate of drug-likeness (QED) is 0.521. The minimum atomic E-state index is -0.328. The summed E-state index contributed by atoms with van der Waals surface area (Å²) < 4.78 is 10.5. The van der Waals surface area contributed by atoms with Gasteiger partial charge < -0.3 is 8.83 Å². The molecule has 2 N–H and O–H groups in total. The van der Waals surface area contributed by atoms with Gasteiger partial charge in [0.15, 0.2) is 0 Å². The third-order valence-corrected chi connectivity index (χ3v) is 3.56. The zero-order valence-corrected chi connectivity index (χ0v) is 14.4. The Bertz CT molecular complexity index is 926. The number of benzene rings is 1. The number of carbonyl (C=O) groups excluding carboxylic acids is 1. The predicted octanol–water partition coefficient (Wildman–Crippen LogP) is 3.86. The molecule has 0 saturated heterocycles. The van der Waals surface area contributed by atoms with Crippen LogP contribution in [0.25, 0.3) is 0 Å². The fourth-order valence-electron chi connectivity index (χ4n) is 2.16. The molecular weight excluding hydrogens is 332 g/mol. The highest BCUT2D eigenvalue weighted by molar-refractivity contribution is 5.99. The summed E-state index contributed by atoms with van der Waals surface area (Å²) in [5.74, 6) is 0.948. The molecule has 0 aliphatic rings. The van der Waals surface area contributed by atoms with Gasteiger partial charge in [-0.1, -0.05) is 6.07 Å².